The monoisotopic (exact) mass is 266 g/mol. The second-order valence-corrected chi connectivity index (χ2v) is 3.85. The molecule has 2 aromatic rings. The Balaban J connectivity index is 2.10. The molecule has 0 spiro atoms. The fourth-order valence-electron chi connectivity index (χ4n) is 1.51. The van der Waals surface area contributed by atoms with E-state index >= 15 is 0 Å². The lowest BCUT2D eigenvalue weighted by Crippen LogP contribution is -2.06. The zero-order valence-electron chi connectivity index (χ0n) is 10.1. The minimum Gasteiger partial charge on any atom is -0.480 e. The number of hydrogen-bond acceptors (Lipinski definition) is 5. The van der Waals surface area contributed by atoms with E-state index < -0.39 is 12.6 Å². The van der Waals surface area contributed by atoms with Crippen LogP contribution in [0.3, 0.4) is 0 Å². The van der Waals surface area contributed by atoms with E-state index in [2.05, 4.69) is 10.2 Å². The van der Waals surface area contributed by atoms with Gasteiger partial charge in [0.1, 0.15) is 19.0 Å². The summed E-state index contributed by atoms with van der Waals surface area (Å²) in [7, 11) is 0. The van der Waals surface area contributed by atoms with Crippen molar-refractivity contribution >= 4 is 5.97 Å². The smallest absolute Gasteiger partial charge is 0.329 e. The van der Waals surface area contributed by atoms with E-state index in [1.54, 1.807) is 13.0 Å². The quantitative estimate of drug-likeness (QED) is 0.887. The van der Waals surface area contributed by atoms with E-state index in [0.29, 0.717) is 11.1 Å². The van der Waals surface area contributed by atoms with Gasteiger partial charge in [0.2, 0.25) is 11.8 Å². The van der Waals surface area contributed by atoms with Crippen LogP contribution in [0.1, 0.15) is 11.5 Å². The van der Waals surface area contributed by atoms with Crippen LogP contribution in [0.25, 0.3) is 11.5 Å². The zero-order chi connectivity index (χ0) is 13.8. The minimum atomic E-state index is -1.07. The molecule has 1 N–H and O–H groups in total. The molecule has 0 fully saturated rings. The Hall–Kier alpha value is -2.28. The number of rotatable bonds is 5. The van der Waals surface area contributed by atoms with Gasteiger partial charge in [0.05, 0.1) is 0 Å². The summed E-state index contributed by atoms with van der Waals surface area (Å²) in [5.41, 5.74) is 1.29. The molecule has 0 amide bonds. The molecule has 7 heteroatoms. The molecule has 0 unspecified atom stereocenters. The highest BCUT2D eigenvalue weighted by Gasteiger charge is 2.11. The van der Waals surface area contributed by atoms with Crippen LogP contribution in [0, 0.1) is 12.7 Å². The van der Waals surface area contributed by atoms with Gasteiger partial charge in [-0.05, 0) is 30.7 Å². The Kier molecular flexibility index (Phi) is 3.86. The van der Waals surface area contributed by atoms with Gasteiger partial charge in [-0.3, -0.25) is 0 Å². The molecule has 2 rings (SSSR count). The summed E-state index contributed by atoms with van der Waals surface area (Å²) in [6.45, 7) is 1.20. The molecule has 1 heterocycles. The Labute approximate surface area is 107 Å². The van der Waals surface area contributed by atoms with Gasteiger partial charge in [0, 0.05) is 5.56 Å². The second-order valence-electron chi connectivity index (χ2n) is 3.85. The van der Waals surface area contributed by atoms with Gasteiger partial charge in [0.25, 0.3) is 0 Å². The van der Waals surface area contributed by atoms with Crippen molar-refractivity contribution in [3.8, 4) is 11.5 Å². The van der Waals surface area contributed by atoms with Gasteiger partial charge in [0.15, 0.2) is 0 Å². The molecule has 6 nitrogen and oxygen atoms in total. The first kappa shape index (κ1) is 13.2. The third-order valence-corrected chi connectivity index (χ3v) is 2.34. The lowest BCUT2D eigenvalue weighted by Gasteiger charge is -2.00. The fraction of sp³-hybridized carbons (Fsp3) is 0.250. The molecule has 100 valence electrons. The van der Waals surface area contributed by atoms with Crippen LogP contribution in [0.15, 0.2) is 22.6 Å². The number of aliphatic carboxylic acids is 1. The summed E-state index contributed by atoms with van der Waals surface area (Å²) in [5, 5.41) is 15.9. The maximum absolute atomic E-state index is 13.0. The highest BCUT2D eigenvalue weighted by Crippen LogP contribution is 2.22. The van der Waals surface area contributed by atoms with E-state index in [4.69, 9.17) is 14.3 Å². The molecule has 0 bridgehead atoms. The Morgan fingerprint density at radius 1 is 1.47 bits per heavy atom. The molecule has 0 atom stereocenters. The highest BCUT2D eigenvalue weighted by atomic mass is 19.1. The first-order chi connectivity index (χ1) is 9.06. The van der Waals surface area contributed by atoms with Crippen LogP contribution in [-0.4, -0.2) is 27.9 Å². The second kappa shape index (κ2) is 5.57. The van der Waals surface area contributed by atoms with Crippen molar-refractivity contribution in [3.63, 3.8) is 0 Å². The Morgan fingerprint density at radius 3 is 2.95 bits per heavy atom. The predicted octanol–water partition coefficient (Wildman–Crippen LogP) is 1.79. The van der Waals surface area contributed by atoms with E-state index in [-0.39, 0.29) is 24.2 Å². The van der Waals surface area contributed by atoms with E-state index in [1.807, 2.05) is 0 Å². The number of carboxylic acids is 1. The molecule has 0 radical (unpaired) electrons. The summed E-state index contributed by atoms with van der Waals surface area (Å²) in [4.78, 5) is 10.3. The summed E-state index contributed by atoms with van der Waals surface area (Å²) in [6.07, 6.45) is 0. The molecular weight excluding hydrogens is 255 g/mol. The maximum atomic E-state index is 13.0. The molecule has 0 saturated carbocycles. The molecule has 0 aliphatic rings. The van der Waals surface area contributed by atoms with Gasteiger partial charge in [-0.2, -0.15) is 0 Å². The lowest BCUT2D eigenvalue weighted by molar-refractivity contribution is -0.142. The standard InChI is InChI=1S/C12H11FN2O4/c1-7-4-8(13)2-3-9(7)12-15-14-10(19-12)5-18-6-11(16)17/h2-4H,5-6H2,1H3,(H,16,17). The average molecular weight is 266 g/mol. The van der Waals surface area contributed by atoms with Crippen molar-refractivity contribution in [1.82, 2.24) is 10.2 Å². The minimum absolute atomic E-state index is 0.0838. The average Bonchev–Trinajstić information content (AvgIpc) is 2.77. The van der Waals surface area contributed by atoms with Gasteiger partial charge < -0.3 is 14.3 Å². The topological polar surface area (TPSA) is 85.5 Å². The van der Waals surface area contributed by atoms with Crippen LogP contribution < -0.4 is 0 Å². The first-order valence-corrected chi connectivity index (χ1v) is 5.44. The SMILES string of the molecule is Cc1cc(F)ccc1-c1nnc(COCC(=O)O)o1. The molecule has 0 saturated heterocycles. The largest absolute Gasteiger partial charge is 0.480 e. The van der Waals surface area contributed by atoms with E-state index in [9.17, 15) is 9.18 Å². The van der Waals surface area contributed by atoms with Crippen molar-refractivity contribution in [2.45, 2.75) is 13.5 Å². The number of nitrogens with zero attached hydrogens (tertiary/aromatic N) is 2. The molecule has 0 aliphatic heterocycles. The predicted molar refractivity (Wildman–Crippen MR) is 61.7 cm³/mol. The van der Waals surface area contributed by atoms with E-state index in [0.717, 1.165) is 0 Å². The molecule has 1 aromatic carbocycles. The number of carbonyl (C=O) groups is 1. The number of aryl methyl sites for hydroxylation is 1. The summed E-state index contributed by atoms with van der Waals surface area (Å²) in [5.74, 6) is -1.01. The Bertz CT molecular complexity index is 597. The highest BCUT2D eigenvalue weighted by molar-refractivity contribution is 5.67. The van der Waals surface area contributed by atoms with Gasteiger partial charge >= 0.3 is 5.97 Å². The molecule has 0 aliphatic carbocycles. The van der Waals surface area contributed by atoms with Crippen molar-refractivity contribution in [2.24, 2.45) is 0 Å². The third kappa shape index (κ3) is 3.35. The third-order valence-electron chi connectivity index (χ3n) is 2.34. The number of benzene rings is 1. The lowest BCUT2D eigenvalue weighted by atomic mass is 10.1. The van der Waals surface area contributed by atoms with Crippen LogP contribution in [0.2, 0.25) is 0 Å². The Morgan fingerprint density at radius 2 is 2.26 bits per heavy atom. The summed E-state index contributed by atoms with van der Waals surface area (Å²) in [6, 6.07) is 4.20. The van der Waals surface area contributed by atoms with Crippen LogP contribution in [-0.2, 0) is 16.1 Å². The van der Waals surface area contributed by atoms with Crippen molar-refractivity contribution in [1.29, 1.82) is 0 Å². The van der Waals surface area contributed by atoms with Crippen molar-refractivity contribution in [2.75, 3.05) is 6.61 Å². The number of ether oxygens (including phenoxy) is 1. The molecule has 19 heavy (non-hydrogen) atoms. The van der Waals surface area contributed by atoms with Crippen LogP contribution in [0.5, 0.6) is 0 Å². The molecular formula is C12H11FN2O4. The normalized spacial score (nSPS) is 10.6. The summed E-state index contributed by atoms with van der Waals surface area (Å²) >= 11 is 0. The van der Waals surface area contributed by atoms with Gasteiger partial charge in [-0.1, -0.05) is 0 Å². The van der Waals surface area contributed by atoms with Gasteiger partial charge in [-0.25, -0.2) is 9.18 Å². The first-order valence-electron chi connectivity index (χ1n) is 5.44. The van der Waals surface area contributed by atoms with E-state index in [1.165, 1.54) is 12.1 Å². The number of hydrogen-bond donors (Lipinski definition) is 1. The maximum Gasteiger partial charge on any atom is 0.329 e. The van der Waals surface area contributed by atoms with Crippen molar-refractivity contribution in [3.05, 3.63) is 35.5 Å². The molecule has 1 aromatic heterocycles. The van der Waals surface area contributed by atoms with Crippen LogP contribution in [0.4, 0.5) is 4.39 Å². The fourth-order valence-corrected chi connectivity index (χ4v) is 1.51. The summed E-state index contributed by atoms with van der Waals surface area (Å²) < 4.78 is 23.1. The van der Waals surface area contributed by atoms with Crippen molar-refractivity contribution < 1.29 is 23.4 Å². The number of aromatic nitrogens is 2. The number of carboxylic acid groups (broad SMARTS) is 1. The zero-order valence-corrected chi connectivity index (χ0v) is 10.1. The number of halogens is 1. The van der Waals surface area contributed by atoms with Crippen LogP contribution >= 0.6 is 0 Å². The van der Waals surface area contributed by atoms with Gasteiger partial charge in [-0.15, -0.1) is 10.2 Å².